The molecule has 90 valence electrons. The monoisotopic (exact) mass is 231 g/mol. The zero-order valence-electron chi connectivity index (χ0n) is 10.0. The van der Waals surface area contributed by atoms with Gasteiger partial charge in [-0.1, -0.05) is 31.5 Å². The summed E-state index contributed by atoms with van der Waals surface area (Å²) in [7, 11) is 0. The van der Waals surface area contributed by atoms with Crippen molar-refractivity contribution in [3.05, 3.63) is 36.0 Å². The van der Waals surface area contributed by atoms with E-state index in [9.17, 15) is 4.79 Å². The number of nitrogens with one attached hydrogen (secondary N) is 1. The van der Waals surface area contributed by atoms with E-state index in [1.54, 1.807) is 0 Å². The van der Waals surface area contributed by atoms with Crippen molar-refractivity contribution < 1.29 is 9.53 Å². The molecule has 3 heteroatoms. The van der Waals surface area contributed by atoms with Crippen LogP contribution in [-0.2, 0) is 16.0 Å². The number of hydrogen-bond donors (Lipinski definition) is 1. The summed E-state index contributed by atoms with van der Waals surface area (Å²) in [6.07, 6.45) is 2.29. The molecule has 0 saturated heterocycles. The number of aromatic amines is 1. The van der Waals surface area contributed by atoms with Crippen molar-refractivity contribution in [2.45, 2.75) is 26.2 Å². The highest BCUT2D eigenvalue weighted by atomic mass is 16.5. The van der Waals surface area contributed by atoms with Crippen LogP contribution in [0.15, 0.2) is 30.3 Å². The lowest BCUT2D eigenvalue weighted by molar-refractivity contribution is -0.142. The van der Waals surface area contributed by atoms with Gasteiger partial charge in [0.05, 0.1) is 13.0 Å². The van der Waals surface area contributed by atoms with Gasteiger partial charge in [0, 0.05) is 11.2 Å². The summed E-state index contributed by atoms with van der Waals surface area (Å²) in [6.45, 7) is 2.60. The number of para-hydroxylation sites is 1. The third-order valence-electron chi connectivity index (χ3n) is 2.68. The topological polar surface area (TPSA) is 42.1 Å². The number of aromatic nitrogens is 1. The number of ether oxygens (including phenoxy) is 1. The number of fused-ring (bicyclic) bond motifs is 1. The summed E-state index contributed by atoms with van der Waals surface area (Å²) < 4.78 is 5.12. The lowest BCUT2D eigenvalue weighted by atomic mass is 10.2. The van der Waals surface area contributed by atoms with Gasteiger partial charge in [-0.2, -0.15) is 0 Å². The Bertz CT molecular complexity index is 469. The van der Waals surface area contributed by atoms with Crippen molar-refractivity contribution in [3.8, 4) is 0 Å². The molecule has 2 rings (SSSR count). The number of rotatable bonds is 5. The normalized spacial score (nSPS) is 10.6. The highest BCUT2D eigenvalue weighted by molar-refractivity contribution is 5.82. The second-order valence-corrected chi connectivity index (χ2v) is 4.13. The first-order chi connectivity index (χ1) is 8.29. The van der Waals surface area contributed by atoms with Gasteiger partial charge in [-0.25, -0.2) is 0 Å². The summed E-state index contributed by atoms with van der Waals surface area (Å²) >= 11 is 0. The Morgan fingerprint density at radius 1 is 1.35 bits per heavy atom. The van der Waals surface area contributed by atoms with Gasteiger partial charge < -0.3 is 9.72 Å². The number of benzene rings is 1. The number of hydrogen-bond acceptors (Lipinski definition) is 2. The zero-order valence-corrected chi connectivity index (χ0v) is 10.0. The Kier molecular flexibility index (Phi) is 3.81. The van der Waals surface area contributed by atoms with Crippen molar-refractivity contribution in [1.82, 2.24) is 4.98 Å². The maximum Gasteiger partial charge on any atom is 0.311 e. The number of carbonyl (C=O) groups excluding carboxylic acids is 1. The molecule has 3 nitrogen and oxygen atoms in total. The summed E-state index contributed by atoms with van der Waals surface area (Å²) in [5.41, 5.74) is 1.97. The van der Waals surface area contributed by atoms with E-state index >= 15 is 0 Å². The Hall–Kier alpha value is -1.77. The van der Waals surface area contributed by atoms with Gasteiger partial charge in [0.2, 0.25) is 0 Å². The van der Waals surface area contributed by atoms with Crippen molar-refractivity contribution >= 4 is 16.9 Å². The lowest BCUT2D eigenvalue weighted by Crippen LogP contribution is -2.09. The predicted octanol–water partition coefficient (Wildman–Crippen LogP) is 3.05. The smallest absolute Gasteiger partial charge is 0.311 e. The van der Waals surface area contributed by atoms with Gasteiger partial charge in [-0.3, -0.25) is 4.79 Å². The molecule has 2 aromatic rings. The Morgan fingerprint density at radius 3 is 2.94 bits per heavy atom. The van der Waals surface area contributed by atoms with E-state index in [0.29, 0.717) is 13.0 Å². The minimum Gasteiger partial charge on any atom is -0.465 e. The molecule has 1 heterocycles. The average Bonchev–Trinajstić information content (AvgIpc) is 2.71. The molecule has 1 aromatic heterocycles. The van der Waals surface area contributed by atoms with Gasteiger partial charge in [-0.05, 0) is 23.9 Å². The fourth-order valence-electron chi connectivity index (χ4n) is 1.77. The van der Waals surface area contributed by atoms with Crippen LogP contribution in [0.1, 0.15) is 25.5 Å². The molecule has 17 heavy (non-hydrogen) atoms. The molecule has 1 N–H and O–H groups in total. The molecule has 0 unspecified atom stereocenters. The maximum absolute atomic E-state index is 11.5. The van der Waals surface area contributed by atoms with Crippen molar-refractivity contribution in [2.75, 3.05) is 6.61 Å². The van der Waals surface area contributed by atoms with Crippen LogP contribution in [0, 0.1) is 0 Å². The molecule has 0 radical (unpaired) electrons. The summed E-state index contributed by atoms with van der Waals surface area (Å²) in [4.78, 5) is 14.7. The zero-order chi connectivity index (χ0) is 12.1. The molecule has 0 amide bonds. The Morgan fingerprint density at radius 2 is 2.18 bits per heavy atom. The number of unbranched alkanes of at least 4 members (excludes halogenated alkanes) is 1. The van der Waals surface area contributed by atoms with Gasteiger partial charge >= 0.3 is 5.97 Å². The Labute approximate surface area is 101 Å². The van der Waals surface area contributed by atoms with E-state index in [1.165, 1.54) is 0 Å². The number of esters is 1. The van der Waals surface area contributed by atoms with Crippen LogP contribution in [0.5, 0.6) is 0 Å². The van der Waals surface area contributed by atoms with E-state index < -0.39 is 0 Å². The quantitative estimate of drug-likeness (QED) is 0.634. The van der Waals surface area contributed by atoms with Gasteiger partial charge in [0.25, 0.3) is 0 Å². The van der Waals surface area contributed by atoms with E-state index in [0.717, 1.165) is 29.4 Å². The molecule has 0 saturated carbocycles. The van der Waals surface area contributed by atoms with Crippen molar-refractivity contribution in [3.63, 3.8) is 0 Å². The SMILES string of the molecule is CCCCOC(=O)Cc1cc2ccccc2[nH]1. The summed E-state index contributed by atoms with van der Waals surface area (Å²) in [6, 6.07) is 9.98. The fraction of sp³-hybridized carbons (Fsp3) is 0.357. The first-order valence-corrected chi connectivity index (χ1v) is 6.02. The second-order valence-electron chi connectivity index (χ2n) is 4.13. The number of H-pyrrole nitrogens is 1. The second kappa shape index (κ2) is 5.53. The Balaban J connectivity index is 1.96. The summed E-state index contributed by atoms with van der Waals surface area (Å²) in [5, 5.41) is 1.13. The van der Waals surface area contributed by atoms with E-state index in [2.05, 4.69) is 11.9 Å². The van der Waals surface area contributed by atoms with E-state index in [4.69, 9.17) is 4.74 Å². The third-order valence-corrected chi connectivity index (χ3v) is 2.68. The van der Waals surface area contributed by atoms with Crippen LogP contribution in [0.25, 0.3) is 10.9 Å². The first-order valence-electron chi connectivity index (χ1n) is 6.02. The first kappa shape index (κ1) is 11.7. The maximum atomic E-state index is 11.5. The standard InChI is InChI=1S/C14H17NO2/c1-2-3-8-17-14(16)10-12-9-11-6-4-5-7-13(11)15-12/h4-7,9,15H,2-3,8,10H2,1H3. The molecule has 0 aliphatic heterocycles. The fourth-order valence-corrected chi connectivity index (χ4v) is 1.77. The van der Waals surface area contributed by atoms with Crippen LogP contribution < -0.4 is 0 Å². The van der Waals surface area contributed by atoms with Crippen LogP contribution >= 0.6 is 0 Å². The largest absolute Gasteiger partial charge is 0.465 e. The van der Waals surface area contributed by atoms with Crippen LogP contribution in [0.4, 0.5) is 0 Å². The average molecular weight is 231 g/mol. The van der Waals surface area contributed by atoms with E-state index in [-0.39, 0.29) is 5.97 Å². The molecule has 0 aliphatic carbocycles. The molecular weight excluding hydrogens is 214 g/mol. The van der Waals surface area contributed by atoms with Crippen LogP contribution in [0.3, 0.4) is 0 Å². The van der Waals surface area contributed by atoms with Gasteiger partial charge in [-0.15, -0.1) is 0 Å². The lowest BCUT2D eigenvalue weighted by Gasteiger charge is -2.01. The van der Waals surface area contributed by atoms with Crippen LogP contribution in [0.2, 0.25) is 0 Å². The van der Waals surface area contributed by atoms with Gasteiger partial charge in [0.1, 0.15) is 0 Å². The van der Waals surface area contributed by atoms with E-state index in [1.807, 2.05) is 30.3 Å². The van der Waals surface area contributed by atoms with Crippen molar-refractivity contribution in [1.29, 1.82) is 0 Å². The van der Waals surface area contributed by atoms with Crippen molar-refractivity contribution in [2.24, 2.45) is 0 Å². The molecule has 0 atom stereocenters. The van der Waals surface area contributed by atoms with Crippen LogP contribution in [-0.4, -0.2) is 17.6 Å². The highest BCUT2D eigenvalue weighted by Crippen LogP contribution is 2.15. The predicted molar refractivity (Wildman–Crippen MR) is 67.9 cm³/mol. The minimum absolute atomic E-state index is 0.162. The number of carbonyl (C=O) groups is 1. The van der Waals surface area contributed by atoms with Gasteiger partial charge in [0.15, 0.2) is 0 Å². The molecule has 0 bridgehead atoms. The highest BCUT2D eigenvalue weighted by Gasteiger charge is 2.07. The minimum atomic E-state index is -0.162. The molecule has 0 fully saturated rings. The molecular formula is C14H17NO2. The molecule has 0 aliphatic rings. The molecule has 1 aromatic carbocycles. The molecule has 0 spiro atoms. The third kappa shape index (κ3) is 3.09. The summed E-state index contributed by atoms with van der Waals surface area (Å²) in [5.74, 6) is -0.162.